The molecule has 2 aromatic carbocycles. The number of methoxy groups -OCH3 is 1. The first kappa shape index (κ1) is 20.7. The SMILES string of the molecule is COc1ccc2cc(C(C)C(=O)NCC(=O)OCCC(C)(C)C)ccc2c1. The van der Waals surface area contributed by atoms with Gasteiger partial charge in [-0.2, -0.15) is 0 Å². The van der Waals surface area contributed by atoms with Gasteiger partial charge in [-0.15, -0.1) is 0 Å². The van der Waals surface area contributed by atoms with E-state index in [0.29, 0.717) is 6.61 Å². The Hall–Kier alpha value is -2.56. The largest absolute Gasteiger partial charge is 0.497 e. The van der Waals surface area contributed by atoms with Crippen molar-refractivity contribution in [2.45, 2.75) is 40.0 Å². The maximum Gasteiger partial charge on any atom is 0.325 e. The van der Waals surface area contributed by atoms with Gasteiger partial charge in [0.15, 0.2) is 0 Å². The lowest BCUT2D eigenvalue weighted by Crippen LogP contribution is -2.33. The molecule has 1 unspecified atom stereocenters. The van der Waals surface area contributed by atoms with Crippen LogP contribution in [0.5, 0.6) is 5.75 Å². The number of rotatable bonds is 7. The average Bonchev–Trinajstić information content (AvgIpc) is 2.63. The normalized spacial score (nSPS) is 12.5. The predicted octanol–water partition coefficient (Wildman–Crippen LogP) is 4.05. The van der Waals surface area contributed by atoms with Crippen molar-refractivity contribution in [2.75, 3.05) is 20.3 Å². The number of hydrogen-bond acceptors (Lipinski definition) is 4. The first-order valence-corrected chi connectivity index (χ1v) is 9.20. The maximum atomic E-state index is 12.4. The van der Waals surface area contributed by atoms with Crippen molar-refractivity contribution in [1.29, 1.82) is 0 Å². The quantitative estimate of drug-likeness (QED) is 0.746. The molecule has 5 heteroatoms. The van der Waals surface area contributed by atoms with E-state index in [1.54, 1.807) is 7.11 Å². The van der Waals surface area contributed by atoms with Gasteiger partial charge in [-0.25, -0.2) is 0 Å². The standard InChI is InChI=1S/C22H29NO4/c1-15(21(25)23-14-20(24)27-11-10-22(2,3)4)16-6-7-18-13-19(26-5)9-8-17(18)12-16/h6-9,12-13,15H,10-11,14H2,1-5H3,(H,23,25). The second-order valence-electron chi connectivity index (χ2n) is 7.94. The van der Waals surface area contributed by atoms with Crippen molar-refractivity contribution in [1.82, 2.24) is 5.32 Å². The molecule has 146 valence electrons. The van der Waals surface area contributed by atoms with E-state index in [1.165, 1.54) is 0 Å². The molecule has 0 saturated carbocycles. The summed E-state index contributed by atoms with van der Waals surface area (Å²) in [5.74, 6) is -0.175. The van der Waals surface area contributed by atoms with E-state index in [-0.39, 0.29) is 23.8 Å². The van der Waals surface area contributed by atoms with E-state index < -0.39 is 5.97 Å². The zero-order chi connectivity index (χ0) is 20.0. The van der Waals surface area contributed by atoms with Gasteiger partial charge in [0.2, 0.25) is 5.91 Å². The Labute approximate surface area is 161 Å². The van der Waals surface area contributed by atoms with Crippen molar-refractivity contribution in [3.63, 3.8) is 0 Å². The zero-order valence-electron chi connectivity index (χ0n) is 16.8. The zero-order valence-corrected chi connectivity index (χ0v) is 16.8. The van der Waals surface area contributed by atoms with Crippen LogP contribution in [0.4, 0.5) is 0 Å². The number of esters is 1. The van der Waals surface area contributed by atoms with Crippen LogP contribution < -0.4 is 10.1 Å². The fourth-order valence-electron chi connectivity index (χ4n) is 2.62. The van der Waals surface area contributed by atoms with Crippen LogP contribution >= 0.6 is 0 Å². The molecular weight excluding hydrogens is 342 g/mol. The van der Waals surface area contributed by atoms with Gasteiger partial charge < -0.3 is 14.8 Å². The number of carbonyl (C=O) groups is 2. The highest BCUT2D eigenvalue weighted by Gasteiger charge is 2.17. The van der Waals surface area contributed by atoms with Crippen LogP contribution in [-0.2, 0) is 14.3 Å². The molecule has 0 fully saturated rings. The lowest BCUT2D eigenvalue weighted by molar-refractivity contribution is -0.144. The maximum absolute atomic E-state index is 12.4. The minimum absolute atomic E-state index is 0.109. The molecule has 1 atom stereocenters. The molecule has 0 aromatic heterocycles. The van der Waals surface area contributed by atoms with Gasteiger partial charge in [0.05, 0.1) is 19.6 Å². The summed E-state index contributed by atoms with van der Waals surface area (Å²) >= 11 is 0. The summed E-state index contributed by atoms with van der Waals surface area (Å²) in [6.45, 7) is 8.34. The van der Waals surface area contributed by atoms with Crippen molar-refractivity contribution in [3.05, 3.63) is 42.0 Å². The Bertz CT molecular complexity index is 808. The number of ether oxygens (including phenoxy) is 2. The van der Waals surface area contributed by atoms with Gasteiger partial charge in [0.25, 0.3) is 0 Å². The minimum atomic E-state index is -0.412. The Balaban J connectivity index is 1.91. The Morgan fingerprint density at radius 2 is 1.74 bits per heavy atom. The Kier molecular flexibility index (Phi) is 6.83. The van der Waals surface area contributed by atoms with Crippen LogP contribution in [0.25, 0.3) is 10.8 Å². The summed E-state index contributed by atoms with van der Waals surface area (Å²) < 4.78 is 10.4. The third-order valence-corrected chi connectivity index (χ3v) is 4.49. The van der Waals surface area contributed by atoms with Gasteiger partial charge in [-0.1, -0.05) is 45.0 Å². The Morgan fingerprint density at radius 1 is 1.07 bits per heavy atom. The van der Waals surface area contributed by atoms with Gasteiger partial charge in [-0.3, -0.25) is 9.59 Å². The number of fused-ring (bicyclic) bond motifs is 1. The smallest absolute Gasteiger partial charge is 0.325 e. The van der Waals surface area contributed by atoms with Crippen LogP contribution in [0.1, 0.15) is 45.6 Å². The topological polar surface area (TPSA) is 64.6 Å². The highest BCUT2D eigenvalue weighted by molar-refractivity contribution is 5.89. The number of hydrogen-bond donors (Lipinski definition) is 1. The summed E-state index contributed by atoms with van der Waals surface area (Å²) in [5, 5.41) is 4.75. The molecule has 0 heterocycles. The van der Waals surface area contributed by atoms with Crippen molar-refractivity contribution < 1.29 is 19.1 Å². The third kappa shape index (κ3) is 6.27. The number of amides is 1. The molecular formula is C22H29NO4. The van der Waals surface area contributed by atoms with E-state index in [9.17, 15) is 9.59 Å². The first-order chi connectivity index (χ1) is 12.7. The molecule has 0 spiro atoms. The fourth-order valence-corrected chi connectivity index (χ4v) is 2.62. The molecule has 0 bridgehead atoms. The van der Waals surface area contributed by atoms with Gasteiger partial charge >= 0.3 is 5.97 Å². The first-order valence-electron chi connectivity index (χ1n) is 9.20. The van der Waals surface area contributed by atoms with E-state index in [4.69, 9.17) is 9.47 Å². The minimum Gasteiger partial charge on any atom is -0.497 e. The van der Waals surface area contributed by atoms with Crippen LogP contribution in [0.15, 0.2) is 36.4 Å². The lowest BCUT2D eigenvalue weighted by Gasteiger charge is -2.18. The molecule has 0 saturated heterocycles. The van der Waals surface area contributed by atoms with E-state index in [0.717, 1.165) is 28.5 Å². The van der Waals surface area contributed by atoms with E-state index >= 15 is 0 Å². The highest BCUT2D eigenvalue weighted by atomic mass is 16.5. The predicted molar refractivity (Wildman–Crippen MR) is 107 cm³/mol. The summed E-state index contributed by atoms with van der Waals surface area (Å²) in [7, 11) is 1.63. The molecule has 1 amide bonds. The van der Waals surface area contributed by atoms with Gasteiger partial charge in [0.1, 0.15) is 12.3 Å². The summed E-state index contributed by atoms with van der Waals surface area (Å²) in [6, 6.07) is 11.7. The Morgan fingerprint density at radius 3 is 2.41 bits per heavy atom. The van der Waals surface area contributed by atoms with Crippen LogP contribution in [0, 0.1) is 5.41 Å². The molecule has 0 aliphatic rings. The molecule has 2 aromatic rings. The van der Waals surface area contributed by atoms with Crippen molar-refractivity contribution in [3.8, 4) is 5.75 Å². The summed E-state index contributed by atoms with van der Waals surface area (Å²) in [5.41, 5.74) is 1.00. The second-order valence-corrected chi connectivity index (χ2v) is 7.94. The van der Waals surface area contributed by atoms with Crippen LogP contribution in [0.2, 0.25) is 0 Å². The molecule has 27 heavy (non-hydrogen) atoms. The van der Waals surface area contributed by atoms with E-state index in [2.05, 4.69) is 26.1 Å². The summed E-state index contributed by atoms with van der Waals surface area (Å²) in [4.78, 5) is 24.2. The van der Waals surface area contributed by atoms with Gasteiger partial charge in [0, 0.05) is 0 Å². The third-order valence-electron chi connectivity index (χ3n) is 4.49. The molecule has 2 rings (SSSR count). The second kappa shape index (κ2) is 8.89. The van der Waals surface area contributed by atoms with Crippen LogP contribution in [0.3, 0.4) is 0 Å². The number of carbonyl (C=O) groups excluding carboxylic acids is 2. The highest BCUT2D eigenvalue weighted by Crippen LogP contribution is 2.25. The molecule has 5 nitrogen and oxygen atoms in total. The molecule has 0 aliphatic heterocycles. The van der Waals surface area contributed by atoms with Crippen molar-refractivity contribution >= 4 is 22.6 Å². The number of benzene rings is 2. The van der Waals surface area contributed by atoms with Crippen LogP contribution in [-0.4, -0.2) is 32.1 Å². The molecule has 1 N–H and O–H groups in total. The fraction of sp³-hybridized carbons (Fsp3) is 0.455. The summed E-state index contributed by atoms with van der Waals surface area (Å²) in [6.07, 6.45) is 0.783. The monoisotopic (exact) mass is 371 g/mol. The number of nitrogens with one attached hydrogen (secondary N) is 1. The molecule has 0 aliphatic carbocycles. The van der Waals surface area contributed by atoms with Gasteiger partial charge in [-0.05, 0) is 47.2 Å². The van der Waals surface area contributed by atoms with Crippen molar-refractivity contribution in [2.24, 2.45) is 5.41 Å². The lowest BCUT2D eigenvalue weighted by atomic mass is 9.93. The molecule has 0 radical (unpaired) electrons. The average molecular weight is 371 g/mol. The van der Waals surface area contributed by atoms with E-state index in [1.807, 2.05) is 43.3 Å².